The number of hydrogen-bond acceptors (Lipinski definition) is 4. The quantitative estimate of drug-likeness (QED) is 0.552. The third-order valence-electron chi connectivity index (χ3n) is 6.30. The Morgan fingerprint density at radius 1 is 1.15 bits per heavy atom. The van der Waals surface area contributed by atoms with Crippen LogP contribution in [0.4, 0.5) is 16.0 Å². The standard InChI is InChI=1S/C25H28FN5O3/c1-30(24(34)16-6-3-2-4-7-16)19-10-11-21-20(15-19)28-25(31(21)13-12-22(27)32)29-23(33)17-8-5-9-18(26)14-17/h5,8-11,14-16H,2-4,6-7,12-13H2,1H3,(H2,27,32)(H,28,29,33). The predicted molar refractivity (Wildman–Crippen MR) is 128 cm³/mol. The molecule has 0 aliphatic heterocycles. The van der Waals surface area contributed by atoms with Crippen LogP contribution >= 0.6 is 0 Å². The van der Waals surface area contributed by atoms with Gasteiger partial charge in [-0.2, -0.15) is 0 Å². The maximum atomic E-state index is 13.6. The van der Waals surface area contributed by atoms with E-state index in [4.69, 9.17) is 5.73 Å². The molecule has 0 bridgehead atoms. The number of anilines is 2. The number of nitrogens with two attached hydrogens (primary N) is 1. The van der Waals surface area contributed by atoms with Gasteiger partial charge < -0.3 is 15.2 Å². The van der Waals surface area contributed by atoms with Crippen LogP contribution in [0, 0.1) is 11.7 Å². The van der Waals surface area contributed by atoms with E-state index in [0.29, 0.717) is 16.7 Å². The van der Waals surface area contributed by atoms with E-state index in [1.165, 1.54) is 24.6 Å². The lowest BCUT2D eigenvalue weighted by Gasteiger charge is -2.26. The molecule has 1 saturated carbocycles. The molecule has 3 aromatic rings. The summed E-state index contributed by atoms with van der Waals surface area (Å²) in [7, 11) is 1.76. The molecule has 3 amide bonds. The van der Waals surface area contributed by atoms with E-state index in [0.717, 1.165) is 31.7 Å². The van der Waals surface area contributed by atoms with Crippen LogP contribution in [0.25, 0.3) is 11.0 Å². The van der Waals surface area contributed by atoms with Gasteiger partial charge in [0.25, 0.3) is 5.91 Å². The number of aryl methyl sites for hydroxylation is 1. The number of carbonyl (C=O) groups is 3. The minimum absolute atomic E-state index is 0.0312. The van der Waals surface area contributed by atoms with E-state index in [1.54, 1.807) is 28.6 Å². The van der Waals surface area contributed by atoms with Crippen LogP contribution in [0.2, 0.25) is 0 Å². The molecule has 1 fully saturated rings. The van der Waals surface area contributed by atoms with Crippen molar-refractivity contribution in [3.05, 3.63) is 53.8 Å². The average molecular weight is 466 g/mol. The molecule has 1 aromatic heterocycles. The van der Waals surface area contributed by atoms with Crippen molar-refractivity contribution >= 4 is 40.4 Å². The number of fused-ring (bicyclic) bond motifs is 1. The lowest BCUT2D eigenvalue weighted by Crippen LogP contribution is -2.33. The van der Waals surface area contributed by atoms with Crippen LogP contribution in [0.3, 0.4) is 0 Å². The second kappa shape index (κ2) is 10.0. The summed E-state index contributed by atoms with van der Waals surface area (Å²) in [5.41, 5.74) is 7.41. The molecule has 1 aliphatic carbocycles. The largest absolute Gasteiger partial charge is 0.370 e. The van der Waals surface area contributed by atoms with Gasteiger partial charge in [0.2, 0.25) is 17.8 Å². The summed E-state index contributed by atoms with van der Waals surface area (Å²) in [6, 6.07) is 10.8. The van der Waals surface area contributed by atoms with Crippen LogP contribution in [0.5, 0.6) is 0 Å². The van der Waals surface area contributed by atoms with Gasteiger partial charge in [-0.3, -0.25) is 19.7 Å². The van der Waals surface area contributed by atoms with Crippen LogP contribution in [0.15, 0.2) is 42.5 Å². The van der Waals surface area contributed by atoms with Crippen molar-refractivity contribution in [3.63, 3.8) is 0 Å². The first-order valence-electron chi connectivity index (χ1n) is 11.5. The van der Waals surface area contributed by atoms with E-state index in [9.17, 15) is 18.8 Å². The number of amides is 3. The predicted octanol–water partition coefficient (Wildman–Crippen LogP) is 3.85. The second-order valence-electron chi connectivity index (χ2n) is 8.67. The van der Waals surface area contributed by atoms with Gasteiger partial charge >= 0.3 is 0 Å². The van der Waals surface area contributed by atoms with Crippen LogP contribution in [-0.2, 0) is 16.1 Å². The Labute approximate surface area is 196 Å². The SMILES string of the molecule is CN(C(=O)C1CCCCC1)c1ccc2c(c1)nc(NC(=O)c1cccc(F)c1)n2CCC(N)=O. The highest BCUT2D eigenvalue weighted by Gasteiger charge is 2.25. The van der Waals surface area contributed by atoms with Crippen LogP contribution < -0.4 is 16.0 Å². The Morgan fingerprint density at radius 2 is 1.91 bits per heavy atom. The molecule has 0 unspecified atom stereocenters. The number of nitrogens with one attached hydrogen (secondary N) is 1. The van der Waals surface area contributed by atoms with Crippen LogP contribution in [-0.4, -0.2) is 34.3 Å². The Kier molecular flexibility index (Phi) is 6.90. The molecule has 1 aliphatic rings. The maximum absolute atomic E-state index is 13.6. The molecular weight excluding hydrogens is 437 g/mol. The molecule has 0 radical (unpaired) electrons. The zero-order valence-corrected chi connectivity index (χ0v) is 19.1. The van der Waals surface area contributed by atoms with Gasteiger partial charge in [-0.15, -0.1) is 0 Å². The normalized spacial score (nSPS) is 14.2. The summed E-state index contributed by atoms with van der Waals surface area (Å²) in [6.45, 7) is 0.209. The number of imidazole rings is 1. The van der Waals surface area contributed by atoms with Gasteiger partial charge in [-0.25, -0.2) is 9.37 Å². The number of hydrogen-bond donors (Lipinski definition) is 2. The number of carbonyl (C=O) groups excluding carboxylic acids is 3. The van der Waals surface area contributed by atoms with Crippen molar-refractivity contribution in [2.75, 3.05) is 17.3 Å². The second-order valence-corrected chi connectivity index (χ2v) is 8.67. The van der Waals surface area contributed by atoms with E-state index < -0.39 is 17.6 Å². The summed E-state index contributed by atoms with van der Waals surface area (Å²) in [5, 5.41) is 2.70. The van der Waals surface area contributed by atoms with Crippen molar-refractivity contribution in [2.24, 2.45) is 11.7 Å². The molecule has 2 aromatic carbocycles. The number of primary amides is 1. The first-order valence-corrected chi connectivity index (χ1v) is 11.5. The fraction of sp³-hybridized carbons (Fsp3) is 0.360. The van der Waals surface area contributed by atoms with Gasteiger partial charge in [0, 0.05) is 37.2 Å². The van der Waals surface area contributed by atoms with Crippen molar-refractivity contribution in [1.82, 2.24) is 9.55 Å². The summed E-state index contributed by atoms with van der Waals surface area (Å²) in [6.07, 6.45) is 5.18. The summed E-state index contributed by atoms with van der Waals surface area (Å²) in [5.74, 6) is -1.21. The Bertz CT molecular complexity index is 1230. The smallest absolute Gasteiger partial charge is 0.258 e. The fourth-order valence-electron chi connectivity index (χ4n) is 4.42. The van der Waals surface area contributed by atoms with Crippen LogP contribution in [0.1, 0.15) is 48.9 Å². The van der Waals surface area contributed by atoms with Gasteiger partial charge in [0.15, 0.2) is 0 Å². The van der Waals surface area contributed by atoms with E-state index >= 15 is 0 Å². The molecule has 178 valence electrons. The zero-order valence-electron chi connectivity index (χ0n) is 19.1. The molecule has 34 heavy (non-hydrogen) atoms. The molecule has 3 N–H and O–H groups in total. The van der Waals surface area contributed by atoms with Gasteiger partial charge in [-0.05, 0) is 49.2 Å². The van der Waals surface area contributed by atoms with E-state index in [-0.39, 0.29) is 36.3 Å². The van der Waals surface area contributed by atoms with Gasteiger partial charge in [0.05, 0.1) is 11.0 Å². The summed E-state index contributed by atoms with van der Waals surface area (Å²) in [4.78, 5) is 43.3. The lowest BCUT2D eigenvalue weighted by molar-refractivity contribution is -0.123. The highest BCUT2D eigenvalue weighted by atomic mass is 19.1. The minimum atomic E-state index is -0.528. The topological polar surface area (TPSA) is 110 Å². The molecule has 4 rings (SSSR count). The number of nitrogens with zero attached hydrogens (tertiary/aromatic N) is 3. The highest BCUT2D eigenvalue weighted by molar-refractivity contribution is 6.04. The van der Waals surface area contributed by atoms with E-state index in [2.05, 4.69) is 10.3 Å². The molecular formula is C25H28FN5O3. The third-order valence-corrected chi connectivity index (χ3v) is 6.30. The first-order chi connectivity index (χ1) is 16.3. The van der Waals surface area contributed by atoms with Crippen molar-refractivity contribution in [1.29, 1.82) is 0 Å². The zero-order chi connectivity index (χ0) is 24.2. The molecule has 0 atom stereocenters. The monoisotopic (exact) mass is 465 g/mol. The minimum Gasteiger partial charge on any atom is -0.370 e. The Hall–Kier alpha value is -3.75. The Balaban J connectivity index is 1.64. The molecule has 0 spiro atoms. The summed E-state index contributed by atoms with van der Waals surface area (Å²) >= 11 is 0. The molecule has 9 heteroatoms. The Morgan fingerprint density at radius 3 is 2.62 bits per heavy atom. The lowest BCUT2D eigenvalue weighted by atomic mass is 9.88. The molecule has 0 saturated heterocycles. The van der Waals surface area contributed by atoms with Crippen molar-refractivity contribution in [2.45, 2.75) is 45.1 Å². The number of rotatable bonds is 7. The highest BCUT2D eigenvalue weighted by Crippen LogP contribution is 2.29. The fourth-order valence-corrected chi connectivity index (χ4v) is 4.42. The third kappa shape index (κ3) is 5.08. The van der Waals surface area contributed by atoms with Gasteiger partial charge in [-0.1, -0.05) is 25.3 Å². The molecule has 8 nitrogen and oxygen atoms in total. The van der Waals surface area contributed by atoms with Crippen molar-refractivity contribution in [3.8, 4) is 0 Å². The number of aromatic nitrogens is 2. The van der Waals surface area contributed by atoms with E-state index in [1.807, 2.05) is 6.07 Å². The van der Waals surface area contributed by atoms with Gasteiger partial charge in [0.1, 0.15) is 5.82 Å². The molecule has 1 heterocycles. The first kappa shape index (κ1) is 23.4. The van der Waals surface area contributed by atoms with Crippen molar-refractivity contribution < 1.29 is 18.8 Å². The average Bonchev–Trinajstić information content (AvgIpc) is 3.18. The number of halogens is 1. The summed E-state index contributed by atoms with van der Waals surface area (Å²) < 4.78 is 15.2. The maximum Gasteiger partial charge on any atom is 0.258 e. The number of benzene rings is 2.